The summed E-state index contributed by atoms with van der Waals surface area (Å²) in [5.74, 6) is 1.48. The van der Waals surface area contributed by atoms with Crippen LogP contribution in [0.3, 0.4) is 0 Å². The van der Waals surface area contributed by atoms with Crippen molar-refractivity contribution in [1.29, 1.82) is 0 Å². The van der Waals surface area contributed by atoms with Crippen molar-refractivity contribution in [2.24, 2.45) is 0 Å². The highest BCUT2D eigenvalue weighted by Crippen LogP contribution is 2.32. The van der Waals surface area contributed by atoms with E-state index in [1.165, 1.54) is 0 Å². The van der Waals surface area contributed by atoms with Gasteiger partial charge in [-0.25, -0.2) is 9.97 Å². The summed E-state index contributed by atoms with van der Waals surface area (Å²) >= 11 is 6.65. The number of methoxy groups -OCH3 is 1. The third-order valence-electron chi connectivity index (χ3n) is 5.91. The summed E-state index contributed by atoms with van der Waals surface area (Å²) in [6, 6.07) is 1.79. The standard InChI is InChI=1S/C29H37ClN8O3/c1-5-24(25(30)8-7-14-40-4)22-10-9-21-17-34-29(37-28(21)38(19-22)13-11-31-3)36-27-26(35-20-39)16-23(18-33-27)32-12-15-41-6-2/h5,7-8,10-11,13-14,16-18,20,31-32H,6,9,12,15,19H2,1-4H3,(H,35,39)(H,33,34,36,37)/b13-11-,14-7+,24-5-,25-8+. The van der Waals surface area contributed by atoms with Gasteiger partial charge in [0.2, 0.25) is 12.4 Å². The molecule has 0 aliphatic carbocycles. The van der Waals surface area contributed by atoms with Crippen molar-refractivity contribution in [1.82, 2.24) is 20.3 Å². The Morgan fingerprint density at radius 1 is 1.27 bits per heavy atom. The van der Waals surface area contributed by atoms with E-state index >= 15 is 0 Å². The Hall–Kier alpha value is -4.35. The lowest BCUT2D eigenvalue weighted by Crippen LogP contribution is -2.22. The SMILES string of the molecule is C\C=C(C1=CCc2cnc(Nc3ncc(NCCOCC)cc3NC=O)nc2N(/C=C\NC)C1)/C(Cl)=C\C=C\OC. The molecular weight excluding hydrogens is 544 g/mol. The molecule has 1 aliphatic heterocycles. The van der Waals surface area contributed by atoms with E-state index in [4.69, 9.17) is 26.1 Å². The monoisotopic (exact) mass is 580 g/mol. The highest BCUT2D eigenvalue weighted by molar-refractivity contribution is 6.32. The van der Waals surface area contributed by atoms with Gasteiger partial charge in [-0.1, -0.05) is 23.8 Å². The lowest BCUT2D eigenvalue weighted by molar-refractivity contribution is -0.105. The quantitative estimate of drug-likeness (QED) is 0.101. The van der Waals surface area contributed by atoms with Crippen LogP contribution in [-0.2, 0) is 20.7 Å². The molecule has 0 fully saturated rings. The van der Waals surface area contributed by atoms with Gasteiger partial charge in [0.1, 0.15) is 5.82 Å². The van der Waals surface area contributed by atoms with Crippen molar-refractivity contribution in [2.75, 3.05) is 61.3 Å². The molecule has 1 aliphatic rings. The van der Waals surface area contributed by atoms with Gasteiger partial charge in [0, 0.05) is 55.9 Å². The van der Waals surface area contributed by atoms with E-state index in [9.17, 15) is 4.79 Å². The van der Waals surface area contributed by atoms with Crippen molar-refractivity contribution in [3.63, 3.8) is 0 Å². The number of nitrogens with one attached hydrogen (secondary N) is 4. The number of pyridine rings is 1. The van der Waals surface area contributed by atoms with Crippen molar-refractivity contribution < 1.29 is 14.3 Å². The number of anilines is 5. The number of aromatic nitrogens is 3. The van der Waals surface area contributed by atoms with Gasteiger partial charge in [0.25, 0.3) is 0 Å². The molecule has 0 bridgehead atoms. The maximum atomic E-state index is 11.3. The smallest absolute Gasteiger partial charge is 0.230 e. The molecule has 12 heteroatoms. The fourth-order valence-corrected chi connectivity index (χ4v) is 4.31. The van der Waals surface area contributed by atoms with Gasteiger partial charge < -0.3 is 35.6 Å². The minimum atomic E-state index is 0.336. The van der Waals surface area contributed by atoms with Crippen molar-refractivity contribution in [3.8, 4) is 0 Å². The van der Waals surface area contributed by atoms with Crippen LogP contribution in [0.4, 0.5) is 29.0 Å². The molecule has 2 aromatic rings. The van der Waals surface area contributed by atoms with E-state index < -0.39 is 0 Å². The molecule has 0 aromatic carbocycles. The second-order valence-electron chi connectivity index (χ2n) is 8.62. The zero-order valence-corrected chi connectivity index (χ0v) is 24.5. The number of carbonyl (C=O) groups excluding carboxylic acids is 1. The Balaban J connectivity index is 1.88. The van der Waals surface area contributed by atoms with E-state index in [0.717, 1.165) is 28.2 Å². The van der Waals surface area contributed by atoms with E-state index in [-0.39, 0.29) is 0 Å². The second kappa shape index (κ2) is 16.7. The zero-order chi connectivity index (χ0) is 29.5. The summed E-state index contributed by atoms with van der Waals surface area (Å²) in [5.41, 5.74) is 4.12. The average Bonchev–Trinajstić information content (AvgIpc) is 3.15. The van der Waals surface area contributed by atoms with Crippen LogP contribution in [0, 0.1) is 0 Å². The van der Waals surface area contributed by atoms with Crippen LogP contribution in [0.2, 0.25) is 0 Å². The first-order valence-corrected chi connectivity index (χ1v) is 13.6. The molecule has 0 atom stereocenters. The molecule has 0 radical (unpaired) electrons. The topological polar surface area (TPSA) is 126 Å². The van der Waals surface area contributed by atoms with Crippen LogP contribution in [0.1, 0.15) is 19.4 Å². The number of carbonyl (C=O) groups is 1. The molecule has 0 saturated carbocycles. The number of allylic oxidation sites excluding steroid dienone is 5. The predicted molar refractivity (Wildman–Crippen MR) is 165 cm³/mol. The highest BCUT2D eigenvalue weighted by atomic mass is 35.5. The molecule has 2 aromatic heterocycles. The zero-order valence-electron chi connectivity index (χ0n) is 23.8. The first kappa shape index (κ1) is 31.2. The first-order valence-electron chi connectivity index (χ1n) is 13.2. The summed E-state index contributed by atoms with van der Waals surface area (Å²) in [4.78, 5) is 27.2. The van der Waals surface area contributed by atoms with Gasteiger partial charge in [-0.05, 0) is 49.6 Å². The molecule has 4 N–H and O–H groups in total. The van der Waals surface area contributed by atoms with Crippen molar-refractivity contribution in [3.05, 3.63) is 83.2 Å². The maximum absolute atomic E-state index is 11.3. The average molecular weight is 581 g/mol. The van der Waals surface area contributed by atoms with E-state index in [2.05, 4.69) is 37.3 Å². The fourth-order valence-electron chi connectivity index (χ4n) is 4.01. The lowest BCUT2D eigenvalue weighted by atomic mass is 10.0. The number of halogens is 1. The molecule has 3 rings (SSSR count). The highest BCUT2D eigenvalue weighted by Gasteiger charge is 2.21. The molecular formula is C29H37ClN8O3. The Morgan fingerprint density at radius 3 is 2.85 bits per heavy atom. The molecule has 41 heavy (non-hydrogen) atoms. The molecule has 218 valence electrons. The minimum Gasteiger partial charge on any atom is -0.504 e. The molecule has 0 unspecified atom stereocenters. The Morgan fingerprint density at radius 2 is 2.12 bits per heavy atom. The van der Waals surface area contributed by atoms with Crippen LogP contribution in [0.15, 0.2) is 77.6 Å². The number of amides is 1. The van der Waals surface area contributed by atoms with Crippen molar-refractivity contribution in [2.45, 2.75) is 20.3 Å². The Kier molecular flexibility index (Phi) is 12.7. The van der Waals surface area contributed by atoms with Gasteiger partial charge in [-0.3, -0.25) is 4.79 Å². The Labute approximate surface area is 246 Å². The second-order valence-corrected chi connectivity index (χ2v) is 9.03. The maximum Gasteiger partial charge on any atom is 0.230 e. The number of hydrogen-bond acceptors (Lipinski definition) is 10. The number of nitrogens with zero attached hydrogens (tertiary/aromatic N) is 4. The van der Waals surface area contributed by atoms with Crippen molar-refractivity contribution >= 4 is 47.0 Å². The van der Waals surface area contributed by atoms with E-state index in [1.807, 2.05) is 44.3 Å². The summed E-state index contributed by atoms with van der Waals surface area (Å²) in [5, 5.41) is 12.7. The third kappa shape index (κ3) is 9.09. The van der Waals surface area contributed by atoms with E-state index in [0.29, 0.717) is 61.6 Å². The minimum absolute atomic E-state index is 0.336. The van der Waals surface area contributed by atoms with Gasteiger partial charge in [0.15, 0.2) is 5.82 Å². The molecule has 0 spiro atoms. The van der Waals surface area contributed by atoms with Gasteiger partial charge in [-0.15, -0.1) is 0 Å². The first-order chi connectivity index (χ1) is 20.0. The summed E-state index contributed by atoms with van der Waals surface area (Å²) in [7, 11) is 3.42. The normalized spacial score (nSPS) is 14.0. The summed E-state index contributed by atoms with van der Waals surface area (Å²) in [6.45, 7) is 6.25. The number of fused-ring (bicyclic) bond motifs is 1. The van der Waals surface area contributed by atoms with Gasteiger partial charge >= 0.3 is 0 Å². The van der Waals surface area contributed by atoms with Crippen LogP contribution >= 0.6 is 11.6 Å². The van der Waals surface area contributed by atoms with E-state index in [1.54, 1.807) is 44.0 Å². The molecule has 3 heterocycles. The number of rotatable bonds is 15. The Bertz CT molecular complexity index is 1320. The lowest BCUT2D eigenvalue weighted by Gasteiger charge is -2.22. The van der Waals surface area contributed by atoms with Crippen LogP contribution in [0.5, 0.6) is 0 Å². The fraction of sp³-hybridized carbons (Fsp3) is 0.310. The molecule has 0 saturated heterocycles. The number of hydrogen-bond donors (Lipinski definition) is 4. The van der Waals surface area contributed by atoms with Crippen LogP contribution in [-0.4, -0.2) is 61.8 Å². The summed E-state index contributed by atoms with van der Waals surface area (Å²) in [6.07, 6.45) is 17.7. The predicted octanol–water partition coefficient (Wildman–Crippen LogP) is 4.84. The third-order valence-corrected chi connectivity index (χ3v) is 6.23. The van der Waals surface area contributed by atoms with Gasteiger partial charge in [0.05, 0.1) is 37.6 Å². The van der Waals surface area contributed by atoms with Crippen LogP contribution in [0.25, 0.3) is 0 Å². The molecule has 1 amide bonds. The summed E-state index contributed by atoms with van der Waals surface area (Å²) < 4.78 is 10.3. The molecule has 11 nitrogen and oxygen atoms in total. The van der Waals surface area contributed by atoms with Gasteiger partial charge in [-0.2, -0.15) is 4.98 Å². The van der Waals surface area contributed by atoms with Crippen LogP contribution < -0.4 is 26.2 Å². The number of ether oxygens (including phenoxy) is 2. The largest absolute Gasteiger partial charge is 0.504 e.